The zero-order valence-corrected chi connectivity index (χ0v) is 8.41. The second-order valence-corrected chi connectivity index (χ2v) is 3.71. The molecule has 0 amide bonds. The number of hydrogen-bond acceptors (Lipinski definition) is 4. The Kier molecular flexibility index (Phi) is 2.37. The van der Waals surface area contributed by atoms with Crippen molar-refractivity contribution in [2.75, 3.05) is 7.11 Å². The normalized spacial score (nSPS) is 11.2. The lowest BCUT2D eigenvalue weighted by atomic mass is 10.1. The molecule has 0 aliphatic heterocycles. The van der Waals surface area contributed by atoms with Gasteiger partial charge in [0, 0.05) is 15.6 Å². The third-order valence-electron chi connectivity index (χ3n) is 2.02. The molecule has 0 aliphatic rings. The van der Waals surface area contributed by atoms with Gasteiger partial charge < -0.3 is 9.94 Å². The number of benzene rings is 1. The van der Waals surface area contributed by atoms with Gasteiger partial charge in [-0.05, 0) is 23.6 Å². The summed E-state index contributed by atoms with van der Waals surface area (Å²) in [7, 11) is 1.61. The summed E-state index contributed by atoms with van der Waals surface area (Å²) in [5, 5.41) is 14.5. The Hall–Kier alpha value is -1.55. The van der Waals surface area contributed by atoms with E-state index in [2.05, 4.69) is 5.16 Å². The van der Waals surface area contributed by atoms with Crippen LogP contribution < -0.4 is 4.74 Å². The smallest absolute Gasteiger partial charge is 0.136 e. The van der Waals surface area contributed by atoms with Gasteiger partial charge in [-0.25, -0.2) is 0 Å². The maximum Gasteiger partial charge on any atom is 0.136 e. The summed E-state index contributed by atoms with van der Waals surface area (Å²) in [6.45, 7) is 0. The van der Waals surface area contributed by atoms with Crippen molar-refractivity contribution in [1.82, 2.24) is 0 Å². The second kappa shape index (κ2) is 3.67. The highest BCUT2D eigenvalue weighted by molar-refractivity contribution is 7.17. The van der Waals surface area contributed by atoms with Crippen molar-refractivity contribution in [3.05, 3.63) is 29.1 Å². The summed E-state index contributed by atoms with van der Waals surface area (Å²) >= 11 is 1.66. The highest BCUT2D eigenvalue weighted by Gasteiger charge is 2.06. The molecule has 1 aromatic carbocycles. The Bertz CT molecular complexity index is 476. The van der Waals surface area contributed by atoms with Gasteiger partial charge in [0.25, 0.3) is 0 Å². The lowest BCUT2D eigenvalue weighted by Gasteiger charge is -2.04. The number of methoxy groups -OCH3 is 1. The number of rotatable bonds is 2. The van der Waals surface area contributed by atoms with Crippen molar-refractivity contribution in [2.24, 2.45) is 5.16 Å². The molecule has 2 aromatic rings. The van der Waals surface area contributed by atoms with Crippen molar-refractivity contribution in [3.8, 4) is 5.75 Å². The fourth-order valence-electron chi connectivity index (χ4n) is 1.43. The Morgan fingerprint density at radius 2 is 2.29 bits per heavy atom. The SMILES string of the molecule is COc1c(/C=N/O)ccc2sccc12. The van der Waals surface area contributed by atoms with Crippen LogP contribution in [0, 0.1) is 0 Å². The standard InChI is InChI=1S/C10H9NO2S/c1-13-10-7(6-11-12)2-3-9-8(10)4-5-14-9/h2-6,12H,1H3/b11-6+. The number of nitrogens with zero attached hydrogens (tertiary/aromatic N) is 1. The van der Waals surface area contributed by atoms with E-state index in [9.17, 15) is 0 Å². The van der Waals surface area contributed by atoms with Gasteiger partial charge in [-0.15, -0.1) is 11.3 Å². The summed E-state index contributed by atoms with van der Waals surface area (Å²) in [6, 6.07) is 5.85. The van der Waals surface area contributed by atoms with Crippen molar-refractivity contribution >= 4 is 27.6 Å². The van der Waals surface area contributed by atoms with Crippen molar-refractivity contribution in [3.63, 3.8) is 0 Å². The summed E-state index contributed by atoms with van der Waals surface area (Å²) in [5.74, 6) is 0.751. The summed E-state index contributed by atoms with van der Waals surface area (Å²) < 4.78 is 6.44. The monoisotopic (exact) mass is 207 g/mol. The Labute approximate surface area is 85.2 Å². The van der Waals surface area contributed by atoms with E-state index in [0.29, 0.717) is 0 Å². The van der Waals surface area contributed by atoms with Crippen LogP contribution in [0.3, 0.4) is 0 Å². The molecule has 0 unspecified atom stereocenters. The number of thiophene rings is 1. The fourth-order valence-corrected chi connectivity index (χ4v) is 2.21. The minimum absolute atomic E-state index is 0.751. The van der Waals surface area contributed by atoms with Gasteiger partial charge in [-0.2, -0.15) is 0 Å². The van der Waals surface area contributed by atoms with E-state index < -0.39 is 0 Å². The van der Waals surface area contributed by atoms with Crippen molar-refractivity contribution in [1.29, 1.82) is 0 Å². The summed E-state index contributed by atoms with van der Waals surface area (Å²) in [4.78, 5) is 0. The number of ether oxygens (including phenoxy) is 1. The van der Waals surface area contributed by atoms with Gasteiger partial charge >= 0.3 is 0 Å². The predicted molar refractivity (Wildman–Crippen MR) is 57.8 cm³/mol. The average molecular weight is 207 g/mol. The molecule has 1 N–H and O–H groups in total. The van der Waals surface area contributed by atoms with Crippen LogP contribution in [0.5, 0.6) is 5.75 Å². The summed E-state index contributed by atoms with van der Waals surface area (Å²) in [5.41, 5.74) is 0.779. The van der Waals surface area contributed by atoms with Gasteiger partial charge in [0.1, 0.15) is 5.75 Å². The molecule has 0 saturated heterocycles. The Balaban J connectivity index is 2.72. The first-order valence-corrected chi connectivity index (χ1v) is 4.96. The highest BCUT2D eigenvalue weighted by atomic mass is 32.1. The predicted octanol–water partition coefficient (Wildman–Crippen LogP) is 2.72. The highest BCUT2D eigenvalue weighted by Crippen LogP contribution is 2.32. The molecule has 0 saturated carbocycles. The zero-order chi connectivity index (χ0) is 9.97. The molecule has 0 atom stereocenters. The molecule has 14 heavy (non-hydrogen) atoms. The maximum absolute atomic E-state index is 8.48. The lowest BCUT2D eigenvalue weighted by Crippen LogP contribution is -1.90. The van der Waals surface area contributed by atoms with Crippen LogP contribution >= 0.6 is 11.3 Å². The van der Waals surface area contributed by atoms with Crippen LogP contribution in [0.25, 0.3) is 10.1 Å². The maximum atomic E-state index is 8.48. The largest absolute Gasteiger partial charge is 0.495 e. The molecule has 0 bridgehead atoms. The van der Waals surface area contributed by atoms with Gasteiger partial charge in [0.15, 0.2) is 0 Å². The minimum atomic E-state index is 0.751. The minimum Gasteiger partial charge on any atom is -0.495 e. The van der Waals surface area contributed by atoms with Gasteiger partial charge in [-0.1, -0.05) is 5.16 Å². The first-order valence-electron chi connectivity index (χ1n) is 4.08. The third-order valence-corrected chi connectivity index (χ3v) is 2.90. The van der Waals surface area contributed by atoms with Gasteiger partial charge in [0.2, 0.25) is 0 Å². The van der Waals surface area contributed by atoms with E-state index in [4.69, 9.17) is 9.94 Å². The second-order valence-electron chi connectivity index (χ2n) is 2.77. The zero-order valence-electron chi connectivity index (χ0n) is 7.60. The quantitative estimate of drug-likeness (QED) is 0.467. The third kappa shape index (κ3) is 1.33. The van der Waals surface area contributed by atoms with Crippen LogP contribution in [0.4, 0.5) is 0 Å². The molecule has 0 aliphatic carbocycles. The molecular formula is C10H9NO2S. The number of oxime groups is 1. The van der Waals surface area contributed by atoms with E-state index in [1.54, 1.807) is 18.4 Å². The molecule has 3 nitrogen and oxygen atoms in total. The molecular weight excluding hydrogens is 198 g/mol. The van der Waals surface area contributed by atoms with Crippen molar-refractivity contribution < 1.29 is 9.94 Å². The van der Waals surface area contributed by atoms with Crippen LogP contribution in [-0.4, -0.2) is 18.5 Å². The molecule has 4 heteroatoms. The van der Waals surface area contributed by atoms with Crippen LogP contribution in [-0.2, 0) is 0 Å². The lowest BCUT2D eigenvalue weighted by molar-refractivity contribution is 0.321. The number of fused-ring (bicyclic) bond motifs is 1. The van der Waals surface area contributed by atoms with E-state index >= 15 is 0 Å². The van der Waals surface area contributed by atoms with E-state index in [0.717, 1.165) is 21.4 Å². The average Bonchev–Trinajstić information content (AvgIpc) is 2.66. The van der Waals surface area contributed by atoms with Crippen LogP contribution in [0.15, 0.2) is 28.7 Å². The molecule has 0 spiro atoms. The van der Waals surface area contributed by atoms with E-state index in [1.807, 2.05) is 23.6 Å². The summed E-state index contributed by atoms with van der Waals surface area (Å²) in [6.07, 6.45) is 1.37. The first kappa shape index (κ1) is 9.02. The molecule has 0 fully saturated rings. The molecule has 1 heterocycles. The molecule has 0 radical (unpaired) electrons. The Morgan fingerprint density at radius 3 is 3.00 bits per heavy atom. The molecule has 1 aromatic heterocycles. The number of hydrogen-bond donors (Lipinski definition) is 1. The van der Waals surface area contributed by atoms with E-state index in [-0.39, 0.29) is 0 Å². The van der Waals surface area contributed by atoms with Crippen LogP contribution in [0.1, 0.15) is 5.56 Å². The first-order chi connectivity index (χ1) is 6.86. The molecule has 2 rings (SSSR count). The van der Waals surface area contributed by atoms with Crippen molar-refractivity contribution in [2.45, 2.75) is 0 Å². The van der Waals surface area contributed by atoms with E-state index in [1.165, 1.54) is 6.21 Å². The van der Waals surface area contributed by atoms with Gasteiger partial charge in [-0.3, -0.25) is 0 Å². The van der Waals surface area contributed by atoms with Crippen LogP contribution in [0.2, 0.25) is 0 Å². The Morgan fingerprint density at radius 1 is 1.43 bits per heavy atom. The molecule has 72 valence electrons. The van der Waals surface area contributed by atoms with Gasteiger partial charge in [0.05, 0.1) is 13.3 Å². The topological polar surface area (TPSA) is 41.8 Å². The fraction of sp³-hybridized carbons (Fsp3) is 0.100.